The second-order valence-electron chi connectivity index (χ2n) is 21.2. The van der Waals surface area contributed by atoms with Gasteiger partial charge in [0.1, 0.15) is 11.0 Å². The zero-order chi connectivity index (χ0) is 53.4. The summed E-state index contributed by atoms with van der Waals surface area (Å²) in [4.78, 5) is 16.7. The lowest BCUT2D eigenvalue weighted by molar-refractivity contribution is 0.571. The standard InChI is InChI=1S/C75H51N5O/c1-5-21-48(22-6-1)50-41-43-52(44-42-50)73-76-74(78-75(77-73)61-34-20-40-68-72(61)71-55(31-19-39-67(71)81-68)51-25-9-3-10-26-51)60-46-45-53(49-23-7-2-8-24-49)47-66(60)80-63-36-16-14-30-59(63)70-57(33-18-38-65(70)80)56-32-17-37-64-69(56)58-29-13-15-35-62(58)79(64)54-27-11-4-12-28-54/h1-7,9-19,21-23,25-33,35-47H,8,20,24,34H2. The first-order valence-electron chi connectivity index (χ1n) is 28.0. The van der Waals surface area contributed by atoms with E-state index in [4.69, 9.17) is 19.4 Å². The molecule has 6 nitrogen and oxygen atoms in total. The van der Waals surface area contributed by atoms with E-state index < -0.39 is 0 Å². The number of rotatable bonds is 9. The number of aromatic nitrogens is 5. The van der Waals surface area contributed by atoms with Crippen LogP contribution in [0.4, 0.5) is 0 Å². The summed E-state index contributed by atoms with van der Waals surface area (Å²) >= 11 is 0. The predicted molar refractivity (Wildman–Crippen MR) is 334 cm³/mol. The maximum atomic E-state index is 6.76. The minimum Gasteiger partial charge on any atom is -0.456 e. The van der Waals surface area contributed by atoms with Crippen LogP contribution in [0.5, 0.6) is 0 Å². The van der Waals surface area contributed by atoms with E-state index in [1.54, 1.807) is 0 Å². The lowest BCUT2D eigenvalue weighted by atomic mass is 9.94. The fourth-order valence-corrected chi connectivity index (χ4v) is 12.9. The number of allylic oxidation sites excluding steroid dienone is 4. The summed E-state index contributed by atoms with van der Waals surface area (Å²) < 4.78 is 11.6. The van der Waals surface area contributed by atoms with E-state index in [9.17, 15) is 0 Å². The van der Waals surface area contributed by atoms with Gasteiger partial charge in [0.05, 0.1) is 27.8 Å². The van der Waals surface area contributed by atoms with Crippen molar-refractivity contribution >= 4 is 71.8 Å². The highest BCUT2D eigenvalue weighted by Gasteiger charge is 2.26. The molecule has 4 heterocycles. The van der Waals surface area contributed by atoms with Crippen molar-refractivity contribution in [1.29, 1.82) is 0 Å². The van der Waals surface area contributed by atoms with Crippen LogP contribution < -0.4 is 10.6 Å². The van der Waals surface area contributed by atoms with Crippen LogP contribution >= 0.6 is 0 Å². The molecule has 0 N–H and O–H groups in total. The normalized spacial score (nSPS) is 13.3. The molecular formula is C75H51N5O. The Morgan fingerprint density at radius 2 is 0.951 bits per heavy atom. The molecule has 0 saturated carbocycles. The molecule has 0 radical (unpaired) electrons. The van der Waals surface area contributed by atoms with Crippen LogP contribution in [-0.4, -0.2) is 24.1 Å². The van der Waals surface area contributed by atoms with Gasteiger partial charge in [-0.05, 0) is 131 Å². The van der Waals surface area contributed by atoms with Crippen molar-refractivity contribution in [2.24, 2.45) is 0 Å². The molecule has 0 atom stereocenters. The molecule has 16 rings (SSSR count). The molecule has 0 amide bonds. The van der Waals surface area contributed by atoms with Crippen LogP contribution in [0.3, 0.4) is 0 Å². The molecule has 0 bridgehead atoms. The quantitative estimate of drug-likeness (QED) is 0.145. The van der Waals surface area contributed by atoms with E-state index in [2.05, 4.69) is 270 Å². The molecule has 2 aliphatic rings. The van der Waals surface area contributed by atoms with E-state index in [1.165, 1.54) is 54.8 Å². The largest absolute Gasteiger partial charge is 0.456 e. The monoisotopic (exact) mass is 1040 g/mol. The van der Waals surface area contributed by atoms with Gasteiger partial charge in [0, 0.05) is 54.5 Å². The van der Waals surface area contributed by atoms with Crippen molar-refractivity contribution in [3.63, 3.8) is 0 Å². The smallest absolute Gasteiger partial charge is 0.166 e. The number of nitrogens with zero attached hydrogens (tertiary/aromatic N) is 5. The number of furan rings is 1. The Bertz CT molecular complexity index is 5020. The van der Waals surface area contributed by atoms with Gasteiger partial charge in [-0.3, -0.25) is 0 Å². The summed E-state index contributed by atoms with van der Waals surface area (Å²) in [6.45, 7) is 0. The topological polar surface area (TPSA) is 61.7 Å². The van der Waals surface area contributed by atoms with Crippen molar-refractivity contribution in [1.82, 2.24) is 24.1 Å². The average molecular weight is 1040 g/mol. The molecule has 14 aromatic rings. The molecule has 0 spiro atoms. The van der Waals surface area contributed by atoms with Gasteiger partial charge in [-0.1, -0.05) is 200 Å². The Labute approximate surface area is 467 Å². The van der Waals surface area contributed by atoms with Crippen molar-refractivity contribution in [3.05, 3.63) is 277 Å². The van der Waals surface area contributed by atoms with E-state index in [1.807, 2.05) is 0 Å². The molecule has 4 aromatic heterocycles. The van der Waals surface area contributed by atoms with Gasteiger partial charge in [-0.15, -0.1) is 0 Å². The van der Waals surface area contributed by atoms with Gasteiger partial charge in [-0.25, -0.2) is 15.0 Å². The third kappa shape index (κ3) is 7.74. The van der Waals surface area contributed by atoms with Crippen LogP contribution in [0.15, 0.2) is 259 Å². The van der Waals surface area contributed by atoms with Gasteiger partial charge >= 0.3 is 0 Å². The third-order valence-corrected chi connectivity index (χ3v) is 16.6. The molecule has 0 fully saturated rings. The summed E-state index contributed by atoms with van der Waals surface area (Å²) in [6.07, 6.45) is 12.4. The van der Waals surface area contributed by atoms with E-state index >= 15 is 0 Å². The zero-order valence-electron chi connectivity index (χ0n) is 44.3. The average Bonchev–Trinajstić information content (AvgIpc) is 4.14. The Hall–Kier alpha value is -10.4. The Morgan fingerprint density at radius 1 is 0.383 bits per heavy atom. The first-order valence-corrected chi connectivity index (χ1v) is 28.0. The minimum atomic E-state index is 0.599. The number of fused-ring (bicyclic) bond motifs is 9. The SMILES string of the molecule is C1=CCCC(c2ccc(-c3nc(C4=c5c(oc6cccc(-c7ccccc7)c56)=CCC4)nc(-c4ccc(-c5ccccc5)cc4)n3)c(-n3c4ccccc4c4c(-c5cccc6c5c5ccccc5n6-c5ccccc5)cccc43)c2)=C1. The lowest BCUT2D eigenvalue weighted by Crippen LogP contribution is -2.28. The summed E-state index contributed by atoms with van der Waals surface area (Å²) in [6, 6.07) is 85.0. The summed E-state index contributed by atoms with van der Waals surface area (Å²) in [5.74, 6) is 1.85. The Balaban J connectivity index is 0.968. The van der Waals surface area contributed by atoms with Gasteiger partial charge in [0.2, 0.25) is 0 Å². The highest BCUT2D eigenvalue weighted by molar-refractivity contribution is 6.22. The first-order chi connectivity index (χ1) is 40.2. The van der Waals surface area contributed by atoms with Crippen LogP contribution in [0.1, 0.15) is 37.1 Å². The van der Waals surface area contributed by atoms with Gasteiger partial charge < -0.3 is 13.6 Å². The molecule has 81 heavy (non-hydrogen) atoms. The second kappa shape index (κ2) is 19.2. The van der Waals surface area contributed by atoms with Gasteiger partial charge in [0.25, 0.3) is 0 Å². The van der Waals surface area contributed by atoms with E-state index in [0.29, 0.717) is 17.5 Å². The molecule has 6 heteroatoms. The maximum absolute atomic E-state index is 6.76. The molecule has 382 valence electrons. The fraction of sp³-hybridized carbons (Fsp3) is 0.0533. The molecule has 0 saturated heterocycles. The van der Waals surface area contributed by atoms with Crippen molar-refractivity contribution < 1.29 is 4.42 Å². The summed E-state index contributed by atoms with van der Waals surface area (Å²) in [5.41, 5.74) is 20.6. The summed E-state index contributed by atoms with van der Waals surface area (Å²) in [5, 5.41) is 6.91. The second-order valence-corrected chi connectivity index (χ2v) is 21.2. The van der Waals surface area contributed by atoms with Crippen LogP contribution in [0.2, 0.25) is 0 Å². The summed E-state index contributed by atoms with van der Waals surface area (Å²) in [7, 11) is 0. The number of benzene rings is 10. The first kappa shape index (κ1) is 46.6. The highest BCUT2D eigenvalue weighted by Crippen LogP contribution is 2.45. The van der Waals surface area contributed by atoms with E-state index in [-0.39, 0.29) is 0 Å². The molecule has 0 aliphatic heterocycles. The van der Waals surface area contributed by atoms with Gasteiger partial charge in [0.15, 0.2) is 17.5 Å². The van der Waals surface area contributed by atoms with Crippen LogP contribution in [0.25, 0.3) is 139 Å². The van der Waals surface area contributed by atoms with Crippen LogP contribution in [0, 0.1) is 0 Å². The predicted octanol–water partition coefficient (Wildman–Crippen LogP) is 17.7. The molecule has 2 aliphatic carbocycles. The van der Waals surface area contributed by atoms with Gasteiger partial charge in [-0.2, -0.15) is 0 Å². The Kier molecular flexibility index (Phi) is 11.0. The molecule has 10 aromatic carbocycles. The van der Waals surface area contributed by atoms with Crippen molar-refractivity contribution in [2.75, 3.05) is 0 Å². The third-order valence-electron chi connectivity index (χ3n) is 16.6. The number of para-hydroxylation sites is 3. The number of hydrogen-bond acceptors (Lipinski definition) is 4. The highest BCUT2D eigenvalue weighted by atomic mass is 16.3. The van der Waals surface area contributed by atoms with Crippen molar-refractivity contribution in [2.45, 2.75) is 25.7 Å². The lowest BCUT2D eigenvalue weighted by Gasteiger charge is -2.18. The molecule has 0 unspecified atom stereocenters. The maximum Gasteiger partial charge on any atom is 0.166 e. The van der Waals surface area contributed by atoms with Crippen LogP contribution in [-0.2, 0) is 0 Å². The van der Waals surface area contributed by atoms with Crippen molar-refractivity contribution in [3.8, 4) is 67.5 Å². The minimum absolute atomic E-state index is 0.599. The Morgan fingerprint density at radius 3 is 1.67 bits per heavy atom. The molecular weight excluding hydrogens is 987 g/mol. The van der Waals surface area contributed by atoms with E-state index in [0.717, 1.165) is 109 Å². The fourth-order valence-electron chi connectivity index (χ4n) is 12.9. The number of hydrogen-bond donors (Lipinski definition) is 0. The zero-order valence-corrected chi connectivity index (χ0v) is 44.3.